The predicted octanol–water partition coefficient (Wildman–Crippen LogP) is 2.69. The lowest BCUT2D eigenvalue weighted by Gasteiger charge is -2.16. The fourth-order valence-corrected chi connectivity index (χ4v) is 2.30. The van der Waals surface area contributed by atoms with Gasteiger partial charge in [-0.15, -0.1) is 0 Å². The summed E-state index contributed by atoms with van der Waals surface area (Å²) in [5.74, 6) is 0.835. The number of carbonyl (C=O) groups is 2. The molecule has 4 N–H and O–H groups in total. The van der Waals surface area contributed by atoms with Crippen LogP contribution in [0.25, 0.3) is 0 Å². The average molecular weight is 343 g/mol. The second-order valence-corrected chi connectivity index (χ2v) is 5.41. The summed E-state index contributed by atoms with van der Waals surface area (Å²) < 4.78 is 10.4. The molecule has 0 aromatic heterocycles. The number of primary amides is 1. The van der Waals surface area contributed by atoms with Crippen LogP contribution in [0.1, 0.15) is 28.9 Å². The molecule has 2 aromatic carbocycles. The Morgan fingerprint density at radius 1 is 1.00 bits per heavy atom. The summed E-state index contributed by atoms with van der Waals surface area (Å²) >= 11 is 0. The molecule has 0 saturated carbocycles. The molecule has 0 spiro atoms. The molecule has 25 heavy (non-hydrogen) atoms. The number of amides is 3. The van der Waals surface area contributed by atoms with Crippen molar-refractivity contribution < 1.29 is 19.1 Å². The first-order chi connectivity index (χ1) is 11.9. The lowest BCUT2D eigenvalue weighted by atomic mass is 10.1. The molecule has 0 radical (unpaired) electrons. The van der Waals surface area contributed by atoms with Gasteiger partial charge >= 0.3 is 6.03 Å². The van der Waals surface area contributed by atoms with Crippen LogP contribution in [0.4, 0.5) is 10.5 Å². The van der Waals surface area contributed by atoms with E-state index in [1.807, 2.05) is 19.1 Å². The first kappa shape index (κ1) is 18.1. The van der Waals surface area contributed by atoms with Crippen molar-refractivity contribution in [3.8, 4) is 11.5 Å². The number of benzene rings is 2. The molecule has 0 heterocycles. The van der Waals surface area contributed by atoms with Gasteiger partial charge in [0, 0.05) is 17.3 Å². The lowest BCUT2D eigenvalue weighted by Crippen LogP contribution is -2.26. The fraction of sp³-hybridized carbons (Fsp3) is 0.222. The van der Waals surface area contributed by atoms with Crippen LogP contribution in [-0.4, -0.2) is 26.2 Å². The van der Waals surface area contributed by atoms with E-state index in [-0.39, 0.29) is 11.9 Å². The van der Waals surface area contributed by atoms with Gasteiger partial charge in [0.05, 0.1) is 20.3 Å². The third-order valence-electron chi connectivity index (χ3n) is 3.64. The quantitative estimate of drug-likeness (QED) is 0.750. The Morgan fingerprint density at radius 2 is 1.56 bits per heavy atom. The standard InChI is InChI=1S/C18H21N3O4/c1-11(12-4-6-14(7-5-12)21-18(19)23)20-17(22)13-8-15(24-2)10-16(9-13)25-3/h4-11H,1-3H3,(H,20,22)(H3,19,21,23)/t11-/m1/s1. The van der Waals surface area contributed by atoms with E-state index in [2.05, 4.69) is 10.6 Å². The van der Waals surface area contributed by atoms with Crippen molar-refractivity contribution in [2.24, 2.45) is 5.73 Å². The molecular formula is C18H21N3O4. The van der Waals surface area contributed by atoms with Crippen LogP contribution < -0.4 is 25.8 Å². The van der Waals surface area contributed by atoms with Gasteiger partial charge in [0.2, 0.25) is 0 Å². The van der Waals surface area contributed by atoms with Crippen molar-refractivity contribution in [2.45, 2.75) is 13.0 Å². The molecular weight excluding hydrogens is 322 g/mol. The number of nitrogens with one attached hydrogen (secondary N) is 2. The predicted molar refractivity (Wildman–Crippen MR) is 95.1 cm³/mol. The number of hydrogen-bond acceptors (Lipinski definition) is 4. The number of carbonyl (C=O) groups excluding carboxylic acids is 2. The molecule has 0 aliphatic heterocycles. The van der Waals surface area contributed by atoms with Gasteiger partial charge in [-0.25, -0.2) is 4.79 Å². The van der Waals surface area contributed by atoms with E-state index in [0.717, 1.165) is 5.56 Å². The average Bonchev–Trinajstić information content (AvgIpc) is 2.61. The summed E-state index contributed by atoms with van der Waals surface area (Å²) in [5, 5.41) is 5.40. The minimum absolute atomic E-state index is 0.229. The van der Waals surface area contributed by atoms with E-state index in [4.69, 9.17) is 15.2 Å². The number of ether oxygens (including phenoxy) is 2. The van der Waals surface area contributed by atoms with E-state index in [0.29, 0.717) is 22.7 Å². The zero-order valence-electron chi connectivity index (χ0n) is 14.3. The summed E-state index contributed by atoms with van der Waals surface area (Å²) in [5.41, 5.74) is 6.99. The van der Waals surface area contributed by atoms with E-state index in [9.17, 15) is 9.59 Å². The Bertz CT molecular complexity index is 737. The van der Waals surface area contributed by atoms with Gasteiger partial charge in [-0.2, -0.15) is 0 Å². The van der Waals surface area contributed by atoms with Crippen LogP contribution in [0.2, 0.25) is 0 Å². The van der Waals surface area contributed by atoms with Crippen LogP contribution in [0.15, 0.2) is 42.5 Å². The molecule has 3 amide bonds. The summed E-state index contributed by atoms with van der Waals surface area (Å²) in [7, 11) is 3.06. The highest BCUT2D eigenvalue weighted by Crippen LogP contribution is 2.23. The van der Waals surface area contributed by atoms with Crippen molar-refractivity contribution in [3.63, 3.8) is 0 Å². The third kappa shape index (κ3) is 4.87. The van der Waals surface area contributed by atoms with Crippen LogP contribution in [-0.2, 0) is 0 Å². The maximum Gasteiger partial charge on any atom is 0.316 e. The maximum atomic E-state index is 12.5. The molecule has 0 aliphatic rings. The van der Waals surface area contributed by atoms with Crippen molar-refractivity contribution in [1.29, 1.82) is 0 Å². The Morgan fingerprint density at radius 3 is 2.04 bits per heavy atom. The normalized spacial score (nSPS) is 11.3. The van der Waals surface area contributed by atoms with Gasteiger partial charge in [0.1, 0.15) is 11.5 Å². The van der Waals surface area contributed by atoms with Gasteiger partial charge in [0.15, 0.2) is 0 Å². The van der Waals surface area contributed by atoms with Crippen molar-refractivity contribution in [1.82, 2.24) is 5.32 Å². The minimum Gasteiger partial charge on any atom is -0.497 e. The zero-order chi connectivity index (χ0) is 18.4. The van der Waals surface area contributed by atoms with Crippen molar-refractivity contribution in [2.75, 3.05) is 19.5 Å². The Hall–Kier alpha value is -3.22. The summed E-state index contributed by atoms with van der Waals surface area (Å²) in [4.78, 5) is 23.3. The number of methoxy groups -OCH3 is 2. The highest BCUT2D eigenvalue weighted by Gasteiger charge is 2.14. The first-order valence-electron chi connectivity index (χ1n) is 7.63. The largest absolute Gasteiger partial charge is 0.497 e. The van der Waals surface area contributed by atoms with Gasteiger partial charge in [0.25, 0.3) is 5.91 Å². The smallest absolute Gasteiger partial charge is 0.316 e. The molecule has 0 unspecified atom stereocenters. The molecule has 7 nitrogen and oxygen atoms in total. The van der Waals surface area contributed by atoms with Gasteiger partial charge in [-0.1, -0.05) is 12.1 Å². The van der Waals surface area contributed by atoms with Gasteiger partial charge < -0.3 is 25.8 Å². The molecule has 7 heteroatoms. The van der Waals surface area contributed by atoms with Gasteiger partial charge in [-0.05, 0) is 36.8 Å². The second-order valence-electron chi connectivity index (χ2n) is 5.41. The van der Waals surface area contributed by atoms with Crippen LogP contribution >= 0.6 is 0 Å². The Labute approximate surface area is 146 Å². The van der Waals surface area contributed by atoms with Crippen LogP contribution in [0.3, 0.4) is 0 Å². The van der Waals surface area contributed by atoms with E-state index < -0.39 is 6.03 Å². The van der Waals surface area contributed by atoms with Crippen LogP contribution in [0.5, 0.6) is 11.5 Å². The van der Waals surface area contributed by atoms with Crippen LogP contribution in [0, 0.1) is 0 Å². The molecule has 1 atom stereocenters. The van der Waals surface area contributed by atoms with E-state index in [1.165, 1.54) is 14.2 Å². The number of nitrogens with two attached hydrogens (primary N) is 1. The monoisotopic (exact) mass is 343 g/mol. The summed E-state index contributed by atoms with van der Waals surface area (Å²) in [6.45, 7) is 1.87. The maximum absolute atomic E-state index is 12.5. The molecule has 0 saturated heterocycles. The zero-order valence-corrected chi connectivity index (χ0v) is 14.3. The number of urea groups is 1. The number of rotatable bonds is 6. The molecule has 2 aromatic rings. The first-order valence-corrected chi connectivity index (χ1v) is 7.63. The molecule has 132 valence electrons. The van der Waals surface area contributed by atoms with E-state index >= 15 is 0 Å². The highest BCUT2D eigenvalue weighted by atomic mass is 16.5. The number of hydrogen-bond donors (Lipinski definition) is 3. The SMILES string of the molecule is COc1cc(OC)cc(C(=O)N[C@H](C)c2ccc(NC(N)=O)cc2)c1. The topological polar surface area (TPSA) is 103 Å². The lowest BCUT2D eigenvalue weighted by molar-refractivity contribution is 0.0939. The fourth-order valence-electron chi connectivity index (χ4n) is 2.30. The molecule has 0 fully saturated rings. The minimum atomic E-state index is -0.624. The second kappa shape index (κ2) is 8.05. The third-order valence-corrected chi connectivity index (χ3v) is 3.64. The number of anilines is 1. The Balaban J connectivity index is 2.10. The molecule has 2 rings (SSSR count). The molecule has 0 aliphatic carbocycles. The van der Waals surface area contributed by atoms with Crippen molar-refractivity contribution in [3.05, 3.63) is 53.6 Å². The van der Waals surface area contributed by atoms with Crippen molar-refractivity contribution >= 4 is 17.6 Å². The summed E-state index contributed by atoms with van der Waals surface area (Å²) in [6.07, 6.45) is 0. The molecule has 0 bridgehead atoms. The Kier molecular flexibility index (Phi) is 5.84. The van der Waals surface area contributed by atoms with E-state index in [1.54, 1.807) is 30.3 Å². The van der Waals surface area contributed by atoms with Gasteiger partial charge in [-0.3, -0.25) is 4.79 Å². The highest BCUT2D eigenvalue weighted by molar-refractivity contribution is 5.95. The summed E-state index contributed by atoms with van der Waals surface area (Å²) in [6, 6.07) is 11.2.